The van der Waals surface area contributed by atoms with Gasteiger partial charge in [0.1, 0.15) is 5.75 Å². The molecule has 2 nitrogen and oxygen atoms in total. The lowest BCUT2D eigenvalue weighted by Crippen LogP contribution is -1.97. The van der Waals surface area contributed by atoms with Crippen molar-refractivity contribution in [2.45, 2.75) is 46.1 Å². The van der Waals surface area contributed by atoms with E-state index in [1.165, 1.54) is 30.2 Å². The summed E-state index contributed by atoms with van der Waals surface area (Å²) < 4.78 is 8.00. The molecule has 1 aromatic carbocycles. The predicted molar refractivity (Wildman–Crippen MR) is 77.2 cm³/mol. The Morgan fingerprint density at radius 1 is 1.06 bits per heavy atom. The van der Waals surface area contributed by atoms with Crippen molar-refractivity contribution in [1.29, 1.82) is 0 Å². The lowest BCUT2D eigenvalue weighted by molar-refractivity contribution is 0.318. The van der Waals surface area contributed by atoms with E-state index in [0.717, 1.165) is 25.3 Å². The van der Waals surface area contributed by atoms with E-state index in [9.17, 15) is 0 Å². The molecule has 2 heteroatoms. The van der Waals surface area contributed by atoms with Gasteiger partial charge in [-0.1, -0.05) is 26.7 Å². The minimum absolute atomic E-state index is 0.794. The van der Waals surface area contributed by atoms with Crippen LogP contribution in [-0.4, -0.2) is 11.2 Å². The highest BCUT2D eigenvalue weighted by atomic mass is 16.5. The summed E-state index contributed by atoms with van der Waals surface area (Å²) in [6, 6.07) is 8.57. The number of benzene rings is 1. The number of fused-ring (bicyclic) bond motifs is 1. The number of ether oxygens (including phenoxy) is 1. The average molecular weight is 245 g/mol. The Kier molecular flexibility index (Phi) is 4.68. The summed E-state index contributed by atoms with van der Waals surface area (Å²) in [6.45, 7) is 6.28. The first-order chi connectivity index (χ1) is 8.85. The maximum absolute atomic E-state index is 5.66. The van der Waals surface area contributed by atoms with E-state index in [0.29, 0.717) is 0 Å². The molecule has 0 saturated heterocycles. The van der Waals surface area contributed by atoms with Crippen molar-refractivity contribution in [2.24, 2.45) is 0 Å². The fraction of sp³-hybridized carbons (Fsp3) is 0.500. The van der Waals surface area contributed by atoms with Gasteiger partial charge in [-0.25, -0.2) is 0 Å². The molecule has 0 spiro atoms. The molecule has 0 radical (unpaired) electrons. The standard InChI is InChI=1S/C16H23NO/c1-3-5-6-10-17-11-9-14-13-15(18-12-4-2)7-8-16(14)17/h7-9,11,13H,3-6,10,12H2,1-2H3. The first-order valence-corrected chi connectivity index (χ1v) is 7.07. The summed E-state index contributed by atoms with van der Waals surface area (Å²) in [5.41, 5.74) is 1.31. The van der Waals surface area contributed by atoms with Crippen molar-refractivity contribution in [1.82, 2.24) is 4.57 Å². The van der Waals surface area contributed by atoms with Crippen LogP contribution in [0.4, 0.5) is 0 Å². The van der Waals surface area contributed by atoms with Crippen LogP contribution in [0.3, 0.4) is 0 Å². The smallest absolute Gasteiger partial charge is 0.120 e. The molecular weight excluding hydrogens is 222 g/mol. The molecule has 0 aliphatic heterocycles. The molecule has 2 aromatic rings. The summed E-state index contributed by atoms with van der Waals surface area (Å²) in [4.78, 5) is 0. The van der Waals surface area contributed by atoms with Gasteiger partial charge in [0.2, 0.25) is 0 Å². The number of hydrogen-bond acceptors (Lipinski definition) is 1. The Balaban J connectivity index is 2.10. The largest absolute Gasteiger partial charge is 0.494 e. The molecular formula is C16H23NO. The van der Waals surface area contributed by atoms with Crippen molar-refractivity contribution in [3.63, 3.8) is 0 Å². The van der Waals surface area contributed by atoms with E-state index in [1.54, 1.807) is 0 Å². The molecule has 0 unspecified atom stereocenters. The maximum atomic E-state index is 5.66. The monoisotopic (exact) mass is 245 g/mol. The molecule has 1 aromatic heterocycles. The minimum atomic E-state index is 0.794. The van der Waals surface area contributed by atoms with E-state index >= 15 is 0 Å². The molecule has 0 amide bonds. The average Bonchev–Trinajstić information content (AvgIpc) is 2.79. The van der Waals surface area contributed by atoms with E-state index < -0.39 is 0 Å². The second-order valence-corrected chi connectivity index (χ2v) is 4.79. The van der Waals surface area contributed by atoms with Crippen LogP contribution in [0.1, 0.15) is 39.5 Å². The second-order valence-electron chi connectivity index (χ2n) is 4.79. The zero-order chi connectivity index (χ0) is 12.8. The summed E-state index contributed by atoms with van der Waals surface area (Å²) in [5.74, 6) is 0.982. The van der Waals surface area contributed by atoms with Crippen molar-refractivity contribution >= 4 is 10.9 Å². The highest BCUT2D eigenvalue weighted by molar-refractivity contribution is 5.81. The van der Waals surface area contributed by atoms with Gasteiger partial charge in [-0.15, -0.1) is 0 Å². The Morgan fingerprint density at radius 3 is 2.72 bits per heavy atom. The molecule has 18 heavy (non-hydrogen) atoms. The van der Waals surface area contributed by atoms with Gasteiger partial charge in [-0.2, -0.15) is 0 Å². The van der Waals surface area contributed by atoms with Crippen molar-refractivity contribution in [2.75, 3.05) is 6.61 Å². The second kappa shape index (κ2) is 6.48. The fourth-order valence-electron chi connectivity index (χ4n) is 2.22. The lowest BCUT2D eigenvalue weighted by atomic mass is 10.2. The zero-order valence-electron chi connectivity index (χ0n) is 11.5. The third kappa shape index (κ3) is 3.06. The Labute approximate surface area is 110 Å². The summed E-state index contributed by atoms with van der Waals surface area (Å²) in [7, 11) is 0. The van der Waals surface area contributed by atoms with Crippen LogP contribution in [0.5, 0.6) is 5.75 Å². The third-order valence-corrected chi connectivity index (χ3v) is 3.22. The first kappa shape index (κ1) is 13.0. The first-order valence-electron chi connectivity index (χ1n) is 7.07. The third-order valence-electron chi connectivity index (χ3n) is 3.22. The number of nitrogens with zero attached hydrogens (tertiary/aromatic N) is 1. The summed E-state index contributed by atoms with van der Waals surface area (Å²) in [6.07, 6.45) is 7.07. The molecule has 0 bridgehead atoms. The van der Waals surface area contributed by atoms with Gasteiger partial charge in [-0.3, -0.25) is 0 Å². The van der Waals surface area contributed by atoms with Crippen molar-refractivity contribution in [3.05, 3.63) is 30.5 Å². The number of unbranched alkanes of at least 4 members (excludes halogenated alkanes) is 2. The van der Waals surface area contributed by atoms with Crippen molar-refractivity contribution < 1.29 is 4.74 Å². The molecule has 1 heterocycles. The Hall–Kier alpha value is -1.44. The number of aromatic nitrogens is 1. The van der Waals surface area contributed by atoms with E-state index in [-0.39, 0.29) is 0 Å². The Morgan fingerprint density at radius 2 is 1.94 bits per heavy atom. The highest BCUT2D eigenvalue weighted by Crippen LogP contribution is 2.22. The quantitative estimate of drug-likeness (QED) is 0.649. The molecule has 0 saturated carbocycles. The van der Waals surface area contributed by atoms with Gasteiger partial charge in [-0.05, 0) is 37.1 Å². The van der Waals surface area contributed by atoms with Crippen LogP contribution in [0.15, 0.2) is 30.5 Å². The van der Waals surface area contributed by atoms with Gasteiger partial charge in [0.15, 0.2) is 0 Å². The van der Waals surface area contributed by atoms with Crippen LogP contribution < -0.4 is 4.74 Å². The van der Waals surface area contributed by atoms with Gasteiger partial charge < -0.3 is 9.30 Å². The van der Waals surface area contributed by atoms with E-state index in [4.69, 9.17) is 4.74 Å². The van der Waals surface area contributed by atoms with Gasteiger partial charge >= 0.3 is 0 Å². The van der Waals surface area contributed by atoms with Gasteiger partial charge in [0.25, 0.3) is 0 Å². The van der Waals surface area contributed by atoms with Crippen LogP contribution in [0.2, 0.25) is 0 Å². The lowest BCUT2D eigenvalue weighted by Gasteiger charge is -2.07. The molecule has 0 atom stereocenters. The molecule has 98 valence electrons. The van der Waals surface area contributed by atoms with Gasteiger partial charge in [0, 0.05) is 23.6 Å². The molecule has 0 aliphatic rings. The molecule has 0 fully saturated rings. The van der Waals surface area contributed by atoms with E-state index in [1.807, 2.05) is 0 Å². The molecule has 2 rings (SSSR count). The predicted octanol–water partition coefficient (Wildman–Crippen LogP) is 4.62. The SMILES string of the molecule is CCCCCn1ccc2cc(OCCC)ccc21. The topological polar surface area (TPSA) is 14.2 Å². The highest BCUT2D eigenvalue weighted by Gasteiger charge is 2.02. The normalized spacial score (nSPS) is 11.0. The van der Waals surface area contributed by atoms with Crippen LogP contribution in [0, 0.1) is 0 Å². The Bertz CT molecular complexity index is 487. The minimum Gasteiger partial charge on any atom is -0.494 e. The fourth-order valence-corrected chi connectivity index (χ4v) is 2.22. The molecule has 0 aliphatic carbocycles. The zero-order valence-corrected chi connectivity index (χ0v) is 11.5. The van der Waals surface area contributed by atoms with Crippen LogP contribution in [-0.2, 0) is 6.54 Å². The summed E-state index contributed by atoms with van der Waals surface area (Å²) in [5, 5.41) is 1.28. The summed E-state index contributed by atoms with van der Waals surface area (Å²) >= 11 is 0. The van der Waals surface area contributed by atoms with Crippen LogP contribution in [0.25, 0.3) is 10.9 Å². The number of aryl methyl sites for hydroxylation is 1. The molecule has 0 N–H and O–H groups in total. The number of hydrogen-bond donors (Lipinski definition) is 0. The van der Waals surface area contributed by atoms with Gasteiger partial charge in [0.05, 0.1) is 6.61 Å². The van der Waals surface area contributed by atoms with Crippen LogP contribution >= 0.6 is 0 Å². The number of rotatable bonds is 7. The maximum Gasteiger partial charge on any atom is 0.120 e. The van der Waals surface area contributed by atoms with Crippen molar-refractivity contribution in [3.8, 4) is 5.75 Å². The van der Waals surface area contributed by atoms with E-state index in [2.05, 4.69) is 48.9 Å².